The van der Waals surface area contributed by atoms with Gasteiger partial charge in [0.25, 0.3) is 0 Å². The van der Waals surface area contributed by atoms with Gasteiger partial charge < -0.3 is 4.57 Å². The summed E-state index contributed by atoms with van der Waals surface area (Å²) >= 11 is 0. The first-order chi connectivity index (χ1) is 10.1. The second-order valence-corrected chi connectivity index (χ2v) is 6.39. The second kappa shape index (κ2) is 6.02. The number of H-pyrrole nitrogens is 1. The summed E-state index contributed by atoms with van der Waals surface area (Å²) < 4.78 is 2.27. The third kappa shape index (κ3) is 3.02. The molecule has 21 heavy (non-hydrogen) atoms. The summed E-state index contributed by atoms with van der Waals surface area (Å²) in [6, 6.07) is 0.470. The predicted molar refractivity (Wildman–Crippen MR) is 83.2 cm³/mol. The summed E-state index contributed by atoms with van der Waals surface area (Å²) in [6.07, 6.45) is 8.42. The normalized spacial score (nSPS) is 20.3. The van der Waals surface area contributed by atoms with Crippen LogP contribution in [0.15, 0.2) is 18.6 Å². The van der Waals surface area contributed by atoms with E-state index >= 15 is 0 Å². The molecule has 0 bridgehead atoms. The maximum atomic E-state index is 4.54. The van der Waals surface area contributed by atoms with Crippen molar-refractivity contribution in [3.63, 3.8) is 0 Å². The zero-order valence-electron chi connectivity index (χ0n) is 13.2. The number of hydrogen-bond donors (Lipinski definition) is 1. The molecule has 1 unspecified atom stereocenters. The Morgan fingerprint density at radius 1 is 1.43 bits per heavy atom. The SMILES string of the molecule is Cc1cn[nH]c1C1CCCN(Cc2nccn2C(C)C)C1. The van der Waals surface area contributed by atoms with Crippen molar-refractivity contribution >= 4 is 0 Å². The van der Waals surface area contributed by atoms with Crippen LogP contribution in [0.4, 0.5) is 0 Å². The molecule has 3 heterocycles. The van der Waals surface area contributed by atoms with Crippen LogP contribution in [0.25, 0.3) is 0 Å². The van der Waals surface area contributed by atoms with E-state index in [0.29, 0.717) is 12.0 Å². The Balaban J connectivity index is 1.69. The standard InChI is InChI=1S/C16H25N5/c1-12(2)21-8-6-17-15(21)11-20-7-4-5-14(10-20)16-13(3)9-18-19-16/h6,8-9,12,14H,4-5,7,10-11H2,1-3H3,(H,18,19). The summed E-state index contributed by atoms with van der Waals surface area (Å²) in [6.45, 7) is 9.75. The number of piperidine rings is 1. The van der Waals surface area contributed by atoms with E-state index in [1.807, 2.05) is 12.4 Å². The molecular formula is C16H25N5. The lowest BCUT2D eigenvalue weighted by Crippen LogP contribution is -2.35. The lowest BCUT2D eigenvalue weighted by Gasteiger charge is -2.32. The van der Waals surface area contributed by atoms with Crippen LogP contribution in [0.3, 0.4) is 0 Å². The molecule has 5 heteroatoms. The van der Waals surface area contributed by atoms with Gasteiger partial charge in [0.1, 0.15) is 5.82 Å². The highest BCUT2D eigenvalue weighted by atomic mass is 15.2. The Kier molecular flexibility index (Phi) is 4.10. The van der Waals surface area contributed by atoms with Gasteiger partial charge in [-0.2, -0.15) is 5.10 Å². The third-order valence-electron chi connectivity index (χ3n) is 4.45. The molecule has 1 atom stereocenters. The molecule has 0 spiro atoms. The molecule has 0 aromatic carbocycles. The quantitative estimate of drug-likeness (QED) is 0.940. The predicted octanol–water partition coefficient (Wildman–Crippen LogP) is 2.88. The minimum atomic E-state index is 0.470. The molecule has 1 fully saturated rings. The molecule has 0 amide bonds. The number of hydrogen-bond acceptors (Lipinski definition) is 3. The largest absolute Gasteiger partial charge is 0.331 e. The van der Waals surface area contributed by atoms with Gasteiger partial charge in [-0.25, -0.2) is 4.98 Å². The first-order valence-corrected chi connectivity index (χ1v) is 7.89. The summed E-state index contributed by atoms with van der Waals surface area (Å²) in [5, 5.41) is 7.36. The molecule has 2 aromatic heterocycles. The molecule has 1 aliphatic heterocycles. The molecule has 5 nitrogen and oxygen atoms in total. The second-order valence-electron chi connectivity index (χ2n) is 6.39. The van der Waals surface area contributed by atoms with Crippen LogP contribution in [-0.4, -0.2) is 37.7 Å². The molecule has 1 aliphatic rings. The number of rotatable bonds is 4. The van der Waals surface area contributed by atoms with Crippen molar-refractivity contribution < 1.29 is 0 Å². The van der Waals surface area contributed by atoms with E-state index in [1.165, 1.54) is 29.9 Å². The molecule has 0 saturated carbocycles. The molecule has 114 valence electrons. The number of nitrogens with one attached hydrogen (secondary N) is 1. The summed E-state index contributed by atoms with van der Waals surface area (Å²) in [7, 11) is 0. The smallest absolute Gasteiger partial charge is 0.123 e. The van der Waals surface area contributed by atoms with Crippen molar-refractivity contribution in [2.24, 2.45) is 0 Å². The fourth-order valence-electron chi connectivity index (χ4n) is 3.34. The summed E-state index contributed by atoms with van der Waals surface area (Å²) in [4.78, 5) is 7.06. The first-order valence-electron chi connectivity index (χ1n) is 7.89. The number of aryl methyl sites for hydroxylation is 1. The monoisotopic (exact) mass is 287 g/mol. The van der Waals surface area contributed by atoms with Crippen LogP contribution in [0, 0.1) is 6.92 Å². The minimum absolute atomic E-state index is 0.470. The third-order valence-corrected chi connectivity index (χ3v) is 4.45. The van der Waals surface area contributed by atoms with Crippen LogP contribution in [-0.2, 0) is 6.54 Å². The number of aromatic amines is 1. The Morgan fingerprint density at radius 3 is 3.00 bits per heavy atom. The summed E-state index contributed by atoms with van der Waals surface area (Å²) in [5.74, 6) is 1.75. The van der Waals surface area contributed by atoms with Crippen molar-refractivity contribution in [2.75, 3.05) is 13.1 Å². The molecular weight excluding hydrogens is 262 g/mol. The average Bonchev–Trinajstić information content (AvgIpc) is 3.08. The van der Waals surface area contributed by atoms with Gasteiger partial charge in [0.2, 0.25) is 0 Å². The van der Waals surface area contributed by atoms with Crippen LogP contribution < -0.4 is 0 Å². The van der Waals surface area contributed by atoms with E-state index < -0.39 is 0 Å². The van der Waals surface area contributed by atoms with Gasteiger partial charge in [-0.15, -0.1) is 0 Å². The highest BCUT2D eigenvalue weighted by molar-refractivity contribution is 5.19. The minimum Gasteiger partial charge on any atom is -0.331 e. The highest BCUT2D eigenvalue weighted by Gasteiger charge is 2.24. The van der Waals surface area contributed by atoms with E-state index in [0.717, 1.165) is 19.6 Å². The van der Waals surface area contributed by atoms with Crippen LogP contribution >= 0.6 is 0 Å². The van der Waals surface area contributed by atoms with Crippen molar-refractivity contribution in [1.82, 2.24) is 24.6 Å². The molecule has 1 saturated heterocycles. The Labute approximate surface area is 126 Å². The van der Waals surface area contributed by atoms with Gasteiger partial charge in [-0.3, -0.25) is 10.00 Å². The molecule has 2 aromatic rings. The molecule has 0 aliphatic carbocycles. The fourth-order valence-corrected chi connectivity index (χ4v) is 3.34. The van der Waals surface area contributed by atoms with E-state index in [9.17, 15) is 0 Å². The maximum absolute atomic E-state index is 4.54. The van der Waals surface area contributed by atoms with Crippen molar-refractivity contribution in [1.29, 1.82) is 0 Å². The maximum Gasteiger partial charge on any atom is 0.123 e. The van der Waals surface area contributed by atoms with Gasteiger partial charge in [0, 0.05) is 36.6 Å². The lowest BCUT2D eigenvalue weighted by molar-refractivity contribution is 0.191. The summed E-state index contributed by atoms with van der Waals surface area (Å²) in [5.41, 5.74) is 2.59. The number of imidazole rings is 1. The zero-order chi connectivity index (χ0) is 14.8. The van der Waals surface area contributed by atoms with Crippen LogP contribution in [0.5, 0.6) is 0 Å². The van der Waals surface area contributed by atoms with E-state index in [2.05, 4.69) is 51.6 Å². The van der Waals surface area contributed by atoms with Crippen molar-refractivity contribution in [2.45, 2.75) is 52.1 Å². The number of aromatic nitrogens is 4. The number of likely N-dealkylation sites (tertiary alicyclic amines) is 1. The van der Waals surface area contributed by atoms with Gasteiger partial charge in [-0.05, 0) is 45.7 Å². The molecule has 0 radical (unpaired) electrons. The first kappa shape index (κ1) is 14.3. The Morgan fingerprint density at radius 2 is 2.29 bits per heavy atom. The van der Waals surface area contributed by atoms with E-state index in [1.54, 1.807) is 0 Å². The lowest BCUT2D eigenvalue weighted by atomic mass is 9.93. The van der Waals surface area contributed by atoms with Crippen molar-refractivity contribution in [3.05, 3.63) is 35.7 Å². The molecule has 1 N–H and O–H groups in total. The fraction of sp³-hybridized carbons (Fsp3) is 0.625. The van der Waals surface area contributed by atoms with Gasteiger partial charge in [0.15, 0.2) is 0 Å². The molecule has 3 rings (SSSR count). The highest BCUT2D eigenvalue weighted by Crippen LogP contribution is 2.28. The van der Waals surface area contributed by atoms with E-state index in [-0.39, 0.29) is 0 Å². The van der Waals surface area contributed by atoms with Crippen LogP contribution in [0.2, 0.25) is 0 Å². The van der Waals surface area contributed by atoms with Gasteiger partial charge in [0.05, 0.1) is 12.7 Å². The Bertz CT molecular complexity index is 583. The number of nitrogens with zero attached hydrogens (tertiary/aromatic N) is 4. The Hall–Kier alpha value is -1.62. The van der Waals surface area contributed by atoms with Gasteiger partial charge >= 0.3 is 0 Å². The van der Waals surface area contributed by atoms with Gasteiger partial charge in [-0.1, -0.05) is 0 Å². The average molecular weight is 287 g/mol. The van der Waals surface area contributed by atoms with Crippen LogP contribution in [0.1, 0.15) is 55.7 Å². The zero-order valence-corrected chi connectivity index (χ0v) is 13.2. The van der Waals surface area contributed by atoms with Crippen molar-refractivity contribution in [3.8, 4) is 0 Å². The van der Waals surface area contributed by atoms with E-state index in [4.69, 9.17) is 0 Å². The topological polar surface area (TPSA) is 49.7 Å².